The molecule has 0 amide bonds. The minimum atomic E-state index is 0. The highest BCUT2D eigenvalue weighted by Gasteiger charge is 2.13. The molecule has 1 heterocycles. The zero-order valence-electron chi connectivity index (χ0n) is 4.31. The molecule has 1 saturated heterocycles. The summed E-state index contributed by atoms with van der Waals surface area (Å²) in [6.45, 7) is 2.45. The predicted octanol–water partition coefficient (Wildman–Crippen LogP) is 0.743. The van der Waals surface area contributed by atoms with Gasteiger partial charge >= 0.3 is 0 Å². The van der Waals surface area contributed by atoms with Gasteiger partial charge in [0.15, 0.2) is 0 Å². The van der Waals surface area contributed by atoms with Crippen molar-refractivity contribution in [1.29, 1.82) is 0 Å². The van der Waals surface area contributed by atoms with Crippen molar-refractivity contribution in [3.8, 4) is 0 Å². The number of nitrogens with one attached hydrogen (secondary N) is 1. The van der Waals surface area contributed by atoms with Crippen molar-refractivity contribution in [3.63, 3.8) is 0 Å². The maximum atomic E-state index is 3.19. The van der Waals surface area contributed by atoms with Gasteiger partial charge in [-0.05, 0) is 6.26 Å². The lowest BCUT2D eigenvalue weighted by molar-refractivity contribution is 0.544. The van der Waals surface area contributed by atoms with Crippen molar-refractivity contribution in [2.45, 2.75) is 5.25 Å². The molecule has 1 N–H and O–H groups in total. The van der Waals surface area contributed by atoms with Gasteiger partial charge in [-0.25, -0.2) is 0 Å². The summed E-state index contributed by atoms with van der Waals surface area (Å²) in [6.07, 6.45) is 2.16. The van der Waals surface area contributed by atoms with Crippen LogP contribution in [-0.2, 0) is 0 Å². The topological polar surface area (TPSA) is 12.0 Å². The fourth-order valence-corrected chi connectivity index (χ4v) is 0.998. The highest BCUT2D eigenvalue weighted by Crippen LogP contribution is 2.08. The standard InChI is InChI=1S/C4H9NS.ClH/c1-6-4-2-5-3-4;/h4-5H,2-3H2,1H3;1H. The molecule has 1 aliphatic heterocycles. The first-order chi connectivity index (χ1) is 2.93. The van der Waals surface area contributed by atoms with Gasteiger partial charge in [0.05, 0.1) is 0 Å². The summed E-state index contributed by atoms with van der Waals surface area (Å²) in [6, 6.07) is 0. The second-order valence-corrected chi connectivity index (χ2v) is 2.65. The highest BCUT2D eigenvalue weighted by atomic mass is 35.5. The van der Waals surface area contributed by atoms with Crippen molar-refractivity contribution in [2.24, 2.45) is 0 Å². The molecule has 44 valence electrons. The Kier molecular flexibility index (Phi) is 3.89. The molecule has 0 aromatic carbocycles. The van der Waals surface area contributed by atoms with Gasteiger partial charge in [-0.3, -0.25) is 0 Å². The minimum absolute atomic E-state index is 0. The third-order valence-corrected chi connectivity index (χ3v) is 2.08. The Morgan fingerprint density at radius 2 is 2.14 bits per heavy atom. The molecule has 0 saturated carbocycles. The van der Waals surface area contributed by atoms with Gasteiger partial charge in [-0.1, -0.05) is 0 Å². The molecule has 0 spiro atoms. The van der Waals surface area contributed by atoms with E-state index in [9.17, 15) is 0 Å². The van der Waals surface area contributed by atoms with Crippen LogP contribution in [0.2, 0.25) is 0 Å². The molecule has 0 bridgehead atoms. The van der Waals surface area contributed by atoms with Crippen LogP contribution >= 0.6 is 24.2 Å². The first-order valence-electron chi connectivity index (χ1n) is 2.17. The van der Waals surface area contributed by atoms with Crippen LogP contribution < -0.4 is 5.32 Å². The Hall–Kier alpha value is 0.600. The van der Waals surface area contributed by atoms with E-state index in [0.717, 1.165) is 5.25 Å². The maximum absolute atomic E-state index is 3.19. The molecule has 0 unspecified atom stereocenters. The quantitative estimate of drug-likeness (QED) is 0.576. The Balaban J connectivity index is 0.000000360. The first kappa shape index (κ1) is 7.60. The number of halogens is 1. The minimum Gasteiger partial charge on any atom is -0.314 e. The Morgan fingerprint density at radius 1 is 1.57 bits per heavy atom. The molecule has 3 heteroatoms. The fourth-order valence-electron chi connectivity index (χ4n) is 0.429. The lowest BCUT2D eigenvalue weighted by Crippen LogP contribution is -2.44. The van der Waals surface area contributed by atoms with Crippen LogP contribution in [0.1, 0.15) is 0 Å². The SMILES string of the molecule is CSC1CNC1.Cl. The molecule has 1 aliphatic rings. The molecular formula is C4H10ClNS. The zero-order chi connectivity index (χ0) is 4.41. The molecule has 0 aromatic heterocycles. The van der Waals surface area contributed by atoms with Crippen molar-refractivity contribution in [2.75, 3.05) is 19.3 Å². The number of hydrogen-bond acceptors (Lipinski definition) is 2. The second-order valence-electron chi connectivity index (χ2n) is 1.52. The molecule has 7 heavy (non-hydrogen) atoms. The third-order valence-electron chi connectivity index (χ3n) is 1.08. The summed E-state index contributed by atoms with van der Waals surface area (Å²) in [7, 11) is 0. The Bertz CT molecular complexity index is 44.2. The van der Waals surface area contributed by atoms with Gasteiger partial charge in [0.1, 0.15) is 0 Å². The molecule has 1 rings (SSSR count). The molecule has 0 aromatic rings. The highest BCUT2D eigenvalue weighted by molar-refractivity contribution is 7.99. The van der Waals surface area contributed by atoms with E-state index in [0.29, 0.717) is 0 Å². The lowest BCUT2D eigenvalue weighted by atomic mass is 10.3. The van der Waals surface area contributed by atoms with Crippen LogP contribution in [0.5, 0.6) is 0 Å². The van der Waals surface area contributed by atoms with Crippen LogP contribution in [0.15, 0.2) is 0 Å². The van der Waals surface area contributed by atoms with E-state index in [1.54, 1.807) is 0 Å². The van der Waals surface area contributed by atoms with E-state index in [-0.39, 0.29) is 12.4 Å². The van der Waals surface area contributed by atoms with E-state index in [1.165, 1.54) is 13.1 Å². The number of rotatable bonds is 1. The van der Waals surface area contributed by atoms with Gasteiger partial charge in [-0.15, -0.1) is 12.4 Å². The maximum Gasteiger partial charge on any atom is 0.0294 e. The molecule has 1 fully saturated rings. The van der Waals surface area contributed by atoms with Crippen LogP contribution in [0.3, 0.4) is 0 Å². The van der Waals surface area contributed by atoms with Gasteiger partial charge in [0, 0.05) is 18.3 Å². The summed E-state index contributed by atoms with van der Waals surface area (Å²) >= 11 is 1.95. The fraction of sp³-hybridized carbons (Fsp3) is 1.00. The second kappa shape index (κ2) is 3.58. The largest absolute Gasteiger partial charge is 0.314 e. The van der Waals surface area contributed by atoms with E-state index in [1.807, 2.05) is 11.8 Å². The van der Waals surface area contributed by atoms with Gasteiger partial charge in [-0.2, -0.15) is 11.8 Å². The van der Waals surface area contributed by atoms with Crippen molar-refractivity contribution in [1.82, 2.24) is 5.32 Å². The van der Waals surface area contributed by atoms with Gasteiger partial charge in [0.2, 0.25) is 0 Å². The van der Waals surface area contributed by atoms with Crippen molar-refractivity contribution < 1.29 is 0 Å². The van der Waals surface area contributed by atoms with E-state index < -0.39 is 0 Å². The van der Waals surface area contributed by atoms with Crippen LogP contribution in [-0.4, -0.2) is 24.6 Å². The summed E-state index contributed by atoms with van der Waals surface area (Å²) in [5, 5.41) is 4.11. The Morgan fingerprint density at radius 3 is 2.14 bits per heavy atom. The van der Waals surface area contributed by atoms with Gasteiger partial charge in [0.25, 0.3) is 0 Å². The average Bonchev–Trinajstić information content (AvgIpc) is 1.31. The number of thioether (sulfide) groups is 1. The normalized spacial score (nSPS) is 20.1. The third kappa shape index (κ3) is 1.89. The average molecular weight is 140 g/mol. The summed E-state index contributed by atoms with van der Waals surface area (Å²) in [4.78, 5) is 0. The van der Waals surface area contributed by atoms with E-state index in [2.05, 4.69) is 11.6 Å². The lowest BCUT2D eigenvalue weighted by Gasteiger charge is -2.24. The van der Waals surface area contributed by atoms with E-state index in [4.69, 9.17) is 0 Å². The Labute approximate surface area is 54.7 Å². The molecular weight excluding hydrogens is 130 g/mol. The summed E-state index contributed by atoms with van der Waals surface area (Å²) < 4.78 is 0. The van der Waals surface area contributed by atoms with Crippen LogP contribution in [0.4, 0.5) is 0 Å². The molecule has 0 aliphatic carbocycles. The zero-order valence-corrected chi connectivity index (χ0v) is 5.94. The number of hydrogen-bond donors (Lipinski definition) is 1. The molecule has 0 radical (unpaired) electrons. The van der Waals surface area contributed by atoms with E-state index >= 15 is 0 Å². The van der Waals surface area contributed by atoms with Crippen molar-refractivity contribution >= 4 is 24.2 Å². The predicted molar refractivity (Wildman–Crippen MR) is 37.4 cm³/mol. The van der Waals surface area contributed by atoms with Crippen molar-refractivity contribution in [3.05, 3.63) is 0 Å². The monoisotopic (exact) mass is 139 g/mol. The van der Waals surface area contributed by atoms with Crippen LogP contribution in [0.25, 0.3) is 0 Å². The van der Waals surface area contributed by atoms with Gasteiger partial charge < -0.3 is 5.32 Å². The summed E-state index contributed by atoms with van der Waals surface area (Å²) in [5.74, 6) is 0. The van der Waals surface area contributed by atoms with Crippen LogP contribution in [0, 0.1) is 0 Å². The smallest absolute Gasteiger partial charge is 0.0294 e. The molecule has 0 atom stereocenters. The first-order valence-corrected chi connectivity index (χ1v) is 3.46. The molecule has 1 nitrogen and oxygen atoms in total. The summed E-state index contributed by atoms with van der Waals surface area (Å²) in [5.41, 5.74) is 0.